The highest BCUT2D eigenvalue weighted by molar-refractivity contribution is 5.85. The lowest BCUT2D eigenvalue weighted by molar-refractivity contribution is -0.133. The molecular weight excluding hydrogens is 276 g/mol. The molecule has 0 saturated carbocycles. The summed E-state index contributed by atoms with van der Waals surface area (Å²) in [4.78, 5) is 19.2. The summed E-state index contributed by atoms with van der Waals surface area (Å²) in [5.41, 5.74) is 0.352. The predicted molar refractivity (Wildman–Crippen MR) is 81.8 cm³/mol. The number of carbonyl (C=O) groups is 2. The van der Waals surface area contributed by atoms with Crippen molar-refractivity contribution in [1.82, 2.24) is 0 Å². The van der Waals surface area contributed by atoms with Gasteiger partial charge in [-0.15, -0.1) is 0 Å². The maximum absolute atomic E-state index is 9.60. The molecule has 120 valence electrons. The van der Waals surface area contributed by atoms with Crippen molar-refractivity contribution in [2.75, 3.05) is 6.61 Å². The predicted octanol–water partition coefficient (Wildman–Crippen LogP) is 2.99. The SMILES string of the molecule is C=C(C)C(=O)O.C=C(C)C(=O)O.C=COCC(C)OC=C. The molecule has 0 aromatic rings. The molecule has 0 rings (SSSR count). The highest BCUT2D eigenvalue weighted by Gasteiger charge is 1.96. The van der Waals surface area contributed by atoms with E-state index in [0.717, 1.165) is 0 Å². The minimum atomic E-state index is -0.935. The lowest BCUT2D eigenvalue weighted by Crippen LogP contribution is -2.10. The second kappa shape index (κ2) is 15.6. The van der Waals surface area contributed by atoms with Crippen LogP contribution in [0.3, 0.4) is 0 Å². The highest BCUT2D eigenvalue weighted by atomic mass is 16.5. The molecule has 0 radical (unpaired) electrons. The zero-order valence-electron chi connectivity index (χ0n) is 12.8. The number of carboxylic acid groups (broad SMARTS) is 2. The molecule has 21 heavy (non-hydrogen) atoms. The quantitative estimate of drug-likeness (QED) is 0.554. The van der Waals surface area contributed by atoms with Crippen molar-refractivity contribution >= 4 is 11.9 Å². The van der Waals surface area contributed by atoms with Crippen LogP contribution in [0.25, 0.3) is 0 Å². The fraction of sp³-hybridized carbons (Fsp3) is 0.333. The molecule has 0 aliphatic carbocycles. The number of hydrogen-bond donors (Lipinski definition) is 2. The van der Waals surface area contributed by atoms with Crippen molar-refractivity contribution in [3.8, 4) is 0 Å². The largest absolute Gasteiger partial charge is 0.498 e. The van der Waals surface area contributed by atoms with E-state index < -0.39 is 11.9 Å². The second-order valence-electron chi connectivity index (χ2n) is 3.78. The number of rotatable bonds is 7. The van der Waals surface area contributed by atoms with Gasteiger partial charge in [-0.3, -0.25) is 0 Å². The second-order valence-corrected chi connectivity index (χ2v) is 3.78. The monoisotopic (exact) mass is 300 g/mol. The van der Waals surface area contributed by atoms with E-state index >= 15 is 0 Å². The van der Waals surface area contributed by atoms with E-state index in [0.29, 0.717) is 6.61 Å². The maximum atomic E-state index is 9.60. The van der Waals surface area contributed by atoms with Crippen LogP contribution in [0.4, 0.5) is 0 Å². The van der Waals surface area contributed by atoms with Crippen molar-refractivity contribution in [1.29, 1.82) is 0 Å². The summed E-state index contributed by atoms with van der Waals surface area (Å²) in [6.07, 6.45) is 2.85. The van der Waals surface area contributed by atoms with E-state index in [1.165, 1.54) is 26.4 Å². The third-order valence-corrected chi connectivity index (χ3v) is 1.51. The van der Waals surface area contributed by atoms with Crippen molar-refractivity contribution in [2.24, 2.45) is 0 Å². The van der Waals surface area contributed by atoms with E-state index in [1.54, 1.807) is 0 Å². The molecule has 1 unspecified atom stereocenters. The van der Waals surface area contributed by atoms with Gasteiger partial charge in [-0.25, -0.2) is 9.59 Å². The summed E-state index contributed by atoms with van der Waals surface area (Å²) in [5, 5.41) is 15.8. The standard InChI is InChI=1S/C7H12O2.2C4H6O2/c1-4-8-6-7(3)9-5-2;2*1-3(2)4(5)6/h4-5,7H,1-2,6H2,3H3;2*1H2,2H3,(H,5,6). The lowest BCUT2D eigenvalue weighted by atomic mass is 10.4. The molecule has 0 aliphatic heterocycles. The molecule has 2 N–H and O–H groups in total. The first-order chi connectivity index (χ1) is 9.59. The normalized spacial score (nSPS) is 9.29. The Labute approximate surface area is 125 Å². The third kappa shape index (κ3) is 26.9. The molecule has 0 aromatic heterocycles. The number of ether oxygens (including phenoxy) is 2. The van der Waals surface area contributed by atoms with Crippen LogP contribution in [0, 0.1) is 0 Å². The van der Waals surface area contributed by atoms with Gasteiger partial charge in [-0.1, -0.05) is 26.3 Å². The highest BCUT2D eigenvalue weighted by Crippen LogP contribution is 1.91. The van der Waals surface area contributed by atoms with Gasteiger partial charge in [0.2, 0.25) is 0 Å². The first-order valence-electron chi connectivity index (χ1n) is 5.86. The number of hydrogen-bond acceptors (Lipinski definition) is 4. The maximum Gasteiger partial charge on any atom is 0.330 e. The Kier molecular flexibility index (Phi) is 17.5. The molecule has 6 nitrogen and oxygen atoms in total. The van der Waals surface area contributed by atoms with Crippen molar-refractivity contribution in [3.63, 3.8) is 0 Å². The van der Waals surface area contributed by atoms with Gasteiger partial charge in [0.15, 0.2) is 0 Å². The Bertz CT molecular complexity index is 322. The zero-order chi connectivity index (χ0) is 17.4. The first kappa shape index (κ1) is 23.6. The van der Waals surface area contributed by atoms with Gasteiger partial charge in [0.1, 0.15) is 12.7 Å². The van der Waals surface area contributed by atoms with E-state index in [9.17, 15) is 9.59 Å². The van der Waals surface area contributed by atoms with Gasteiger partial charge in [-0.05, 0) is 20.8 Å². The fourth-order valence-corrected chi connectivity index (χ4v) is 0.407. The Morgan fingerprint density at radius 2 is 1.38 bits per heavy atom. The first-order valence-corrected chi connectivity index (χ1v) is 5.86. The fourth-order valence-electron chi connectivity index (χ4n) is 0.407. The van der Waals surface area contributed by atoms with E-state index in [-0.39, 0.29) is 17.3 Å². The van der Waals surface area contributed by atoms with Crippen molar-refractivity contribution < 1.29 is 29.3 Å². The minimum absolute atomic E-state index is 0.0560. The summed E-state index contributed by atoms with van der Waals surface area (Å²) in [6, 6.07) is 0. The Balaban J connectivity index is -0.000000240. The van der Waals surface area contributed by atoms with Crippen molar-refractivity contribution in [2.45, 2.75) is 26.9 Å². The summed E-state index contributed by atoms with van der Waals surface area (Å²) >= 11 is 0. The lowest BCUT2D eigenvalue weighted by Gasteiger charge is -2.08. The average molecular weight is 300 g/mol. The Morgan fingerprint density at radius 1 is 1.05 bits per heavy atom. The summed E-state index contributed by atoms with van der Waals surface area (Å²) in [6.45, 7) is 18.4. The molecule has 0 bridgehead atoms. The summed E-state index contributed by atoms with van der Waals surface area (Å²) in [5.74, 6) is -1.87. The van der Waals surface area contributed by atoms with Crippen molar-refractivity contribution in [3.05, 3.63) is 50.0 Å². The minimum Gasteiger partial charge on any atom is -0.498 e. The van der Waals surface area contributed by atoms with Crippen LogP contribution in [0.5, 0.6) is 0 Å². The Hall–Kier alpha value is -2.50. The molecule has 0 saturated heterocycles. The Morgan fingerprint density at radius 3 is 1.57 bits per heavy atom. The van der Waals surface area contributed by atoms with Crippen LogP contribution in [-0.2, 0) is 19.1 Å². The smallest absolute Gasteiger partial charge is 0.330 e. The van der Waals surface area contributed by atoms with Gasteiger partial charge in [0, 0.05) is 11.1 Å². The molecule has 1 atom stereocenters. The van der Waals surface area contributed by atoms with Gasteiger partial charge >= 0.3 is 11.9 Å². The van der Waals surface area contributed by atoms with Crippen LogP contribution in [0.2, 0.25) is 0 Å². The topological polar surface area (TPSA) is 93.1 Å². The van der Waals surface area contributed by atoms with E-state index in [1.807, 2.05) is 6.92 Å². The molecule has 0 fully saturated rings. The molecular formula is C15H24O6. The molecule has 0 spiro atoms. The molecule has 0 amide bonds. The van der Waals surface area contributed by atoms with Gasteiger partial charge < -0.3 is 19.7 Å². The van der Waals surface area contributed by atoms with Crippen LogP contribution in [0.1, 0.15) is 20.8 Å². The van der Waals surface area contributed by atoms with E-state index in [2.05, 4.69) is 26.3 Å². The molecule has 6 heteroatoms. The van der Waals surface area contributed by atoms with Gasteiger partial charge in [0.25, 0.3) is 0 Å². The van der Waals surface area contributed by atoms with Crippen LogP contribution >= 0.6 is 0 Å². The third-order valence-electron chi connectivity index (χ3n) is 1.51. The molecule has 0 aromatic carbocycles. The number of carboxylic acids is 2. The number of aliphatic carboxylic acids is 2. The van der Waals surface area contributed by atoms with Gasteiger partial charge in [0.05, 0.1) is 12.5 Å². The molecule has 0 aliphatic rings. The molecule has 0 heterocycles. The van der Waals surface area contributed by atoms with Crippen LogP contribution < -0.4 is 0 Å². The average Bonchev–Trinajstić information content (AvgIpc) is 2.37. The zero-order valence-corrected chi connectivity index (χ0v) is 12.8. The van der Waals surface area contributed by atoms with E-state index in [4.69, 9.17) is 19.7 Å². The van der Waals surface area contributed by atoms with Gasteiger partial charge in [-0.2, -0.15) is 0 Å². The summed E-state index contributed by atoms with van der Waals surface area (Å²) in [7, 11) is 0. The summed E-state index contributed by atoms with van der Waals surface area (Å²) < 4.78 is 9.77. The van der Waals surface area contributed by atoms with Crippen LogP contribution in [0.15, 0.2) is 50.0 Å². The van der Waals surface area contributed by atoms with Crippen LogP contribution in [-0.4, -0.2) is 34.9 Å².